The summed E-state index contributed by atoms with van der Waals surface area (Å²) in [5.41, 5.74) is 1.28. The van der Waals surface area contributed by atoms with Gasteiger partial charge in [0.2, 0.25) is 0 Å². The van der Waals surface area contributed by atoms with E-state index in [9.17, 15) is 9.18 Å². The molecule has 25 heavy (non-hydrogen) atoms. The van der Waals surface area contributed by atoms with Gasteiger partial charge in [-0.3, -0.25) is 4.79 Å². The van der Waals surface area contributed by atoms with Crippen molar-refractivity contribution in [3.8, 4) is 11.3 Å². The Morgan fingerprint density at radius 1 is 1.20 bits per heavy atom. The lowest BCUT2D eigenvalue weighted by Gasteiger charge is -2.14. The van der Waals surface area contributed by atoms with Gasteiger partial charge >= 0.3 is 0 Å². The molecule has 1 atom stereocenters. The van der Waals surface area contributed by atoms with Crippen LogP contribution in [0, 0.1) is 12.7 Å². The Hall–Kier alpha value is -2.66. The molecule has 4 nitrogen and oxygen atoms in total. The van der Waals surface area contributed by atoms with Crippen molar-refractivity contribution in [2.75, 3.05) is 0 Å². The Morgan fingerprint density at radius 3 is 2.60 bits per heavy atom. The number of nitrogens with zero attached hydrogens (tertiary/aromatic N) is 1. The van der Waals surface area contributed by atoms with E-state index in [0.717, 1.165) is 5.56 Å². The van der Waals surface area contributed by atoms with Gasteiger partial charge in [-0.15, -0.1) is 0 Å². The van der Waals surface area contributed by atoms with Crippen LogP contribution in [0.4, 0.5) is 4.39 Å². The smallest absolute Gasteiger partial charge is 0.257 e. The average Bonchev–Trinajstić information content (AvgIpc) is 2.97. The first kappa shape index (κ1) is 17.2. The van der Waals surface area contributed by atoms with Crippen molar-refractivity contribution < 1.29 is 13.7 Å². The number of hydrogen-bond donors (Lipinski definition) is 1. The van der Waals surface area contributed by atoms with E-state index < -0.39 is 11.7 Å². The SMILES string of the molecule is Cc1onc(-c2c(F)cccc2Cl)c1C(=O)N[C@@H](C)c1ccccc1. The number of rotatable bonds is 4. The lowest BCUT2D eigenvalue weighted by atomic mass is 10.0. The van der Waals surface area contributed by atoms with Crippen LogP contribution in [0.25, 0.3) is 11.3 Å². The number of carbonyl (C=O) groups is 1. The number of hydrogen-bond acceptors (Lipinski definition) is 3. The van der Waals surface area contributed by atoms with Crippen LogP contribution in [-0.4, -0.2) is 11.1 Å². The molecule has 0 saturated heterocycles. The predicted octanol–water partition coefficient (Wildman–Crippen LogP) is 4.93. The monoisotopic (exact) mass is 358 g/mol. The summed E-state index contributed by atoms with van der Waals surface area (Å²) in [6.45, 7) is 3.47. The van der Waals surface area contributed by atoms with Crippen LogP contribution in [0.1, 0.15) is 34.6 Å². The van der Waals surface area contributed by atoms with Gasteiger partial charge in [-0.2, -0.15) is 0 Å². The summed E-state index contributed by atoms with van der Waals surface area (Å²) in [5, 5.41) is 6.90. The highest BCUT2D eigenvalue weighted by molar-refractivity contribution is 6.33. The minimum absolute atomic E-state index is 0.0542. The highest BCUT2D eigenvalue weighted by atomic mass is 35.5. The number of aromatic nitrogens is 1. The molecule has 1 N–H and O–H groups in total. The van der Waals surface area contributed by atoms with Crippen molar-refractivity contribution in [2.45, 2.75) is 19.9 Å². The van der Waals surface area contributed by atoms with E-state index in [2.05, 4.69) is 10.5 Å². The highest BCUT2D eigenvalue weighted by Crippen LogP contribution is 2.33. The second kappa shape index (κ2) is 7.07. The molecule has 2 aromatic carbocycles. The Labute approximate surface area is 149 Å². The molecule has 1 aromatic heterocycles. The average molecular weight is 359 g/mol. The van der Waals surface area contributed by atoms with Crippen molar-refractivity contribution in [3.05, 3.63) is 76.3 Å². The molecule has 0 unspecified atom stereocenters. The second-order valence-electron chi connectivity index (χ2n) is 5.66. The standard InChI is InChI=1S/C19H16ClFN2O2/c1-11(13-7-4-3-5-8-13)22-19(24)16-12(2)25-23-18(16)17-14(20)9-6-10-15(17)21/h3-11H,1-2H3,(H,22,24)/t11-/m0/s1. The number of halogens is 2. The number of nitrogens with one attached hydrogen (secondary N) is 1. The second-order valence-corrected chi connectivity index (χ2v) is 6.07. The lowest BCUT2D eigenvalue weighted by molar-refractivity contribution is 0.0939. The number of aryl methyl sites for hydroxylation is 1. The largest absolute Gasteiger partial charge is 0.360 e. The number of amides is 1. The summed E-state index contributed by atoms with van der Waals surface area (Å²) in [5.74, 6) is -0.664. The van der Waals surface area contributed by atoms with Crippen LogP contribution in [0.3, 0.4) is 0 Å². The highest BCUT2D eigenvalue weighted by Gasteiger charge is 2.26. The molecule has 0 fully saturated rings. The van der Waals surface area contributed by atoms with Crippen molar-refractivity contribution in [1.82, 2.24) is 10.5 Å². The molecule has 0 spiro atoms. The quantitative estimate of drug-likeness (QED) is 0.719. The van der Waals surface area contributed by atoms with E-state index >= 15 is 0 Å². The molecule has 3 rings (SSSR count). The third kappa shape index (κ3) is 3.42. The molecule has 0 saturated carbocycles. The minimum atomic E-state index is -0.564. The summed E-state index contributed by atoms with van der Waals surface area (Å²) in [6, 6.07) is 13.6. The first-order chi connectivity index (χ1) is 12.0. The molecular weight excluding hydrogens is 343 g/mol. The van der Waals surface area contributed by atoms with Crippen molar-refractivity contribution in [3.63, 3.8) is 0 Å². The van der Waals surface area contributed by atoms with Crippen LogP contribution >= 0.6 is 11.6 Å². The van der Waals surface area contributed by atoms with Crippen molar-refractivity contribution >= 4 is 17.5 Å². The van der Waals surface area contributed by atoms with Gasteiger partial charge in [-0.1, -0.05) is 53.2 Å². The maximum Gasteiger partial charge on any atom is 0.257 e. The molecule has 128 valence electrons. The third-order valence-electron chi connectivity index (χ3n) is 3.94. The molecule has 0 bridgehead atoms. The molecule has 1 heterocycles. The summed E-state index contributed by atoms with van der Waals surface area (Å²) in [7, 11) is 0. The normalized spacial score (nSPS) is 12.0. The predicted molar refractivity (Wildman–Crippen MR) is 94.0 cm³/mol. The summed E-state index contributed by atoms with van der Waals surface area (Å²) in [6.07, 6.45) is 0. The fraction of sp³-hybridized carbons (Fsp3) is 0.158. The van der Waals surface area contributed by atoms with Gasteiger partial charge in [-0.25, -0.2) is 4.39 Å². The molecule has 0 aliphatic rings. The van der Waals surface area contributed by atoms with E-state index in [1.54, 1.807) is 6.92 Å². The fourth-order valence-corrected chi connectivity index (χ4v) is 2.88. The zero-order valence-corrected chi connectivity index (χ0v) is 14.5. The number of benzene rings is 2. The Bertz CT molecular complexity index is 889. The van der Waals surface area contributed by atoms with Crippen LogP contribution in [-0.2, 0) is 0 Å². The van der Waals surface area contributed by atoms with E-state index in [1.807, 2.05) is 37.3 Å². The molecular formula is C19H16ClFN2O2. The number of carbonyl (C=O) groups excluding carboxylic acids is 1. The van der Waals surface area contributed by atoms with E-state index in [0.29, 0.717) is 5.76 Å². The first-order valence-corrected chi connectivity index (χ1v) is 8.13. The van der Waals surface area contributed by atoms with Crippen molar-refractivity contribution in [2.24, 2.45) is 0 Å². The van der Waals surface area contributed by atoms with Gasteiger partial charge in [0.1, 0.15) is 22.8 Å². The Balaban J connectivity index is 1.96. The fourth-order valence-electron chi connectivity index (χ4n) is 2.63. The minimum Gasteiger partial charge on any atom is -0.360 e. The van der Waals surface area contributed by atoms with Crippen LogP contribution in [0.15, 0.2) is 53.1 Å². The van der Waals surface area contributed by atoms with Gasteiger partial charge < -0.3 is 9.84 Å². The van der Waals surface area contributed by atoms with Crippen LogP contribution < -0.4 is 5.32 Å². The van der Waals surface area contributed by atoms with Gasteiger partial charge in [-0.05, 0) is 31.5 Å². The molecule has 6 heteroatoms. The van der Waals surface area contributed by atoms with E-state index in [-0.39, 0.29) is 27.9 Å². The zero-order valence-electron chi connectivity index (χ0n) is 13.7. The maximum atomic E-state index is 14.2. The summed E-state index contributed by atoms with van der Waals surface area (Å²) < 4.78 is 19.4. The zero-order chi connectivity index (χ0) is 18.0. The molecule has 0 aliphatic carbocycles. The van der Waals surface area contributed by atoms with E-state index in [4.69, 9.17) is 16.1 Å². The van der Waals surface area contributed by atoms with Gasteiger partial charge in [0, 0.05) is 0 Å². The Kier molecular flexibility index (Phi) is 4.86. The molecule has 0 radical (unpaired) electrons. The molecule has 3 aromatic rings. The molecule has 0 aliphatic heterocycles. The van der Waals surface area contributed by atoms with E-state index in [1.165, 1.54) is 18.2 Å². The van der Waals surface area contributed by atoms with Gasteiger partial charge in [0.15, 0.2) is 0 Å². The van der Waals surface area contributed by atoms with Gasteiger partial charge in [0.25, 0.3) is 5.91 Å². The topological polar surface area (TPSA) is 55.1 Å². The third-order valence-corrected chi connectivity index (χ3v) is 4.25. The summed E-state index contributed by atoms with van der Waals surface area (Å²) in [4.78, 5) is 12.8. The molecule has 1 amide bonds. The van der Waals surface area contributed by atoms with Crippen LogP contribution in [0.5, 0.6) is 0 Å². The van der Waals surface area contributed by atoms with Crippen LogP contribution in [0.2, 0.25) is 5.02 Å². The maximum absolute atomic E-state index is 14.2. The Morgan fingerprint density at radius 2 is 1.92 bits per heavy atom. The van der Waals surface area contributed by atoms with Gasteiger partial charge in [0.05, 0.1) is 16.6 Å². The van der Waals surface area contributed by atoms with Crippen molar-refractivity contribution in [1.29, 1.82) is 0 Å². The summed E-state index contributed by atoms with van der Waals surface area (Å²) >= 11 is 6.10. The lowest BCUT2D eigenvalue weighted by Crippen LogP contribution is -2.27. The first-order valence-electron chi connectivity index (χ1n) is 7.75.